The molecular weight excluding hydrogens is 384 g/mol. The van der Waals surface area contributed by atoms with Gasteiger partial charge in [-0.1, -0.05) is 24.3 Å². The molecule has 1 atom stereocenters. The molecule has 8 heteroatoms. The Morgan fingerprint density at radius 1 is 1.14 bits per heavy atom. The fourth-order valence-electron chi connectivity index (χ4n) is 3.30. The molecule has 0 fully saturated rings. The molecule has 1 amide bonds. The van der Waals surface area contributed by atoms with Gasteiger partial charge in [0.25, 0.3) is 5.91 Å². The normalized spacial score (nSPS) is 12.2. The third kappa shape index (κ3) is 3.88. The van der Waals surface area contributed by atoms with Crippen molar-refractivity contribution in [3.63, 3.8) is 0 Å². The second-order valence-corrected chi connectivity index (χ2v) is 7.67. The highest BCUT2D eigenvalue weighted by molar-refractivity contribution is 7.98. The molecule has 3 aromatic heterocycles. The number of amides is 1. The Morgan fingerprint density at radius 3 is 2.72 bits per heavy atom. The van der Waals surface area contributed by atoms with Gasteiger partial charge in [0.1, 0.15) is 0 Å². The maximum absolute atomic E-state index is 13.1. The standard InChI is InChI=1S/C21H22N6OS/c1-15-17(14-22-27(15)16-8-4-3-5-9-16)21(28)23-18(11-13-29-2)20-25-24-19-10-6-7-12-26(19)20/h3-10,12,14,18H,11,13H2,1-2H3,(H,23,28). The molecule has 148 valence electrons. The lowest BCUT2D eigenvalue weighted by Crippen LogP contribution is -2.30. The van der Waals surface area contributed by atoms with E-state index in [-0.39, 0.29) is 11.9 Å². The number of para-hydroxylation sites is 1. The minimum Gasteiger partial charge on any atom is -0.342 e. The van der Waals surface area contributed by atoms with Crippen molar-refractivity contribution in [3.05, 3.63) is 78.0 Å². The first kappa shape index (κ1) is 19.2. The van der Waals surface area contributed by atoms with Gasteiger partial charge in [-0.3, -0.25) is 9.20 Å². The molecule has 0 spiro atoms. The van der Waals surface area contributed by atoms with Crippen LogP contribution in [0.25, 0.3) is 11.3 Å². The molecule has 1 unspecified atom stereocenters. The van der Waals surface area contributed by atoms with Crippen LogP contribution in [0.1, 0.15) is 34.3 Å². The van der Waals surface area contributed by atoms with E-state index in [4.69, 9.17) is 0 Å². The molecular formula is C21H22N6OS. The van der Waals surface area contributed by atoms with Crippen molar-refractivity contribution in [1.29, 1.82) is 0 Å². The number of carbonyl (C=O) groups is 1. The van der Waals surface area contributed by atoms with Crippen LogP contribution in [0.5, 0.6) is 0 Å². The van der Waals surface area contributed by atoms with Gasteiger partial charge < -0.3 is 5.32 Å². The number of aromatic nitrogens is 5. The summed E-state index contributed by atoms with van der Waals surface area (Å²) in [5.41, 5.74) is 3.03. The van der Waals surface area contributed by atoms with E-state index in [1.807, 2.05) is 66.1 Å². The minimum atomic E-state index is -0.244. The van der Waals surface area contributed by atoms with Crippen LogP contribution in [0.2, 0.25) is 0 Å². The van der Waals surface area contributed by atoms with Crippen molar-refractivity contribution >= 4 is 23.3 Å². The van der Waals surface area contributed by atoms with E-state index in [2.05, 4.69) is 26.9 Å². The lowest BCUT2D eigenvalue weighted by atomic mass is 10.1. The molecule has 0 saturated heterocycles. The first-order valence-electron chi connectivity index (χ1n) is 9.38. The second-order valence-electron chi connectivity index (χ2n) is 6.69. The summed E-state index contributed by atoms with van der Waals surface area (Å²) < 4.78 is 3.70. The molecule has 3 heterocycles. The van der Waals surface area contributed by atoms with E-state index in [0.717, 1.165) is 35.0 Å². The van der Waals surface area contributed by atoms with Crippen LogP contribution in [0.4, 0.5) is 0 Å². The zero-order chi connectivity index (χ0) is 20.2. The number of nitrogens with zero attached hydrogens (tertiary/aromatic N) is 5. The number of pyridine rings is 1. The van der Waals surface area contributed by atoms with E-state index in [1.165, 1.54) is 0 Å². The zero-order valence-electron chi connectivity index (χ0n) is 16.3. The summed E-state index contributed by atoms with van der Waals surface area (Å²) in [6.45, 7) is 1.90. The Morgan fingerprint density at radius 2 is 1.93 bits per heavy atom. The summed E-state index contributed by atoms with van der Waals surface area (Å²) in [4.78, 5) is 13.1. The SMILES string of the molecule is CSCCC(NC(=O)c1cnn(-c2ccccc2)c1C)c1nnc2ccccn12. The summed E-state index contributed by atoms with van der Waals surface area (Å²) in [7, 11) is 0. The van der Waals surface area contributed by atoms with Crippen LogP contribution in [0.3, 0.4) is 0 Å². The lowest BCUT2D eigenvalue weighted by Gasteiger charge is -2.17. The van der Waals surface area contributed by atoms with Crippen LogP contribution in [-0.2, 0) is 0 Å². The monoisotopic (exact) mass is 406 g/mol. The molecule has 0 saturated carbocycles. The van der Waals surface area contributed by atoms with Gasteiger partial charge in [0.2, 0.25) is 0 Å². The van der Waals surface area contributed by atoms with Gasteiger partial charge in [0, 0.05) is 6.20 Å². The van der Waals surface area contributed by atoms with Gasteiger partial charge in [-0.2, -0.15) is 16.9 Å². The average molecular weight is 407 g/mol. The number of hydrogen-bond donors (Lipinski definition) is 1. The van der Waals surface area contributed by atoms with E-state index < -0.39 is 0 Å². The minimum absolute atomic E-state index is 0.163. The topological polar surface area (TPSA) is 77.1 Å². The summed E-state index contributed by atoms with van der Waals surface area (Å²) in [5.74, 6) is 1.47. The first-order chi connectivity index (χ1) is 14.2. The van der Waals surface area contributed by atoms with Gasteiger partial charge in [-0.25, -0.2) is 4.68 Å². The molecule has 29 heavy (non-hydrogen) atoms. The van der Waals surface area contributed by atoms with Crippen LogP contribution in [0, 0.1) is 6.92 Å². The number of hydrogen-bond acceptors (Lipinski definition) is 5. The number of carbonyl (C=O) groups excluding carboxylic acids is 1. The first-order valence-corrected chi connectivity index (χ1v) is 10.8. The fourth-order valence-corrected chi connectivity index (χ4v) is 3.77. The van der Waals surface area contributed by atoms with Gasteiger partial charge in [0.05, 0.1) is 29.2 Å². The Labute approximate surface area is 173 Å². The molecule has 7 nitrogen and oxygen atoms in total. The molecule has 4 rings (SSSR count). The third-order valence-electron chi connectivity index (χ3n) is 4.82. The van der Waals surface area contributed by atoms with E-state index >= 15 is 0 Å². The van der Waals surface area contributed by atoms with E-state index in [9.17, 15) is 4.79 Å². The van der Waals surface area contributed by atoms with Crippen molar-refractivity contribution < 1.29 is 4.79 Å². The Kier molecular flexibility index (Phi) is 5.62. The number of rotatable bonds is 7. The highest BCUT2D eigenvalue weighted by atomic mass is 32.2. The molecule has 0 bridgehead atoms. The molecule has 0 radical (unpaired) electrons. The summed E-state index contributed by atoms with van der Waals surface area (Å²) in [5, 5.41) is 16.1. The number of benzene rings is 1. The molecule has 4 aromatic rings. The predicted molar refractivity (Wildman–Crippen MR) is 114 cm³/mol. The van der Waals surface area contributed by atoms with E-state index in [1.54, 1.807) is 22.6 Å². The predicted octanol–water partition coefficient (Wildman–Crippen LogP) is 3.45. The van der Waals surface area contributed by atoms with Gasteiger partial charge in [0.15, 0.2) is 11.5 Å². The van der Waals surface area contributed by atoms with Crippen molar-refractivity contribution in [2.75, 3.05) is 12.0 Å². The van der Waals surface area contributed by atoms with Crippen molar-refractivity contribution in [1.82, 2.24) is 29.7 Å². The van der Waals surface area contributed by atoms with Crippen molar-refractivity contribution in [2.45, 2.75) is 19.4 Å². The Balaban J connectivity index is 1.61. The molecule has 0 aliphatic heterocycles. The fraction of sp³-hybridized carbons (Fsp3) is 0.238. The zero-order valence-corrected chi connectivity index (χ0v) is 17.1. The van der Waals surface area contributed by atoms with Crippen LogP contribution < -0.4 is 5.32 Å². The number of nitrogens with one attached hydrogen (secondary N) is 1. The third-order valence-corrected chi connectivity index (χ3v) is 5.47. The molecule has 0 aliphatic rings. The second kappa shape index (κ2) is 8.48. The summed E-state index contributed by atoms with van der Waals surface area (Å²) in [6.07, 6.45) is 6.34. The number of fused-ring (bicyclic) bond motifs is 1. The van der Waals surface area contributed by atoms with Crippen molar-refractivity contribution in [2.24, 2.45) is 0 Å². The number of thioether (sulfide) groups is 1. The lowest BCUT2D eigenvalue weighted by molar-refractivity contribution is 0.0933. The van der Waals surface area contributed by atoms with Gasteiger partial charge in [-0.05, 0) is 49.6 Å². The quantitative estimate of drug-likeness (QED) is 0.509. The van der Waals surface area contributed by atoms with Crippen LogP contribution in [-0.4, -0.2) is 42.3 Å². The molecule has 0 aliphatic carbocycles. The van der Waals surface area contributed by atoms with Gasteiger partial charge >= 0.3 is 0 Å². The highest BCUT2D eigenvalue weighted by Crippen LogP contribution is 2.20. The smallest absolute Gasteiger partial charge is 0.255 e. The summed E-state index contributed by atoms with van der Waals surface area (Å²) in [6, 6.07) is 15.3. The average Bonchev–Trinajstić information content (AvgIpc) is 3.35. The molecule has 1 aromatic carbocycles. The Bertz CT molecular complexity index is 1120. The Hall–Kier alpha value is -3.13. The van der Waals surface area contributed by atoms with Crippen LogP contribution >= 0.6 is 11.8 Å². The van der Waals surface area contributed by atoms with Gasteiger partial charge in [-0.15, -0.1) is 10.2 Å². The largest absolute Gasteiger partial charge is 0.342 e. The maximum atomic E-state index is 13.1. The van der Waals surface area contributed by atoms with E-state index in [0.29, 0.717) is 5.56 Å². The maximum Gasteiger partial charge on any atom is 0.255 e. The highest BCUT2D eigenvalue weighted by Gasteiger charge is 2.23. The van der Waals surface area contributed by atoms with Crippen molar-refractivity contribution in [3.8, 4) is 5.69 Å². The molecule has 1 N–H and O–H groups in total. The summed E-state index contributed by atoms with van der Waals surface area (Å²) >= 11 is 1.73. The van der Waals surface area contributed by atoms with Crippen LogP contribution in [0.15, 0.2) is 60.9 Å².